The fraction of sp³-hybridized carbons (Fsp3) is 0.143. The van der Waals surface area contributed by atoms with Crippen LogP contribution in [0.15, 0.2) is 18.7 Å². The van der Waals surface area contributed by atoms with Crippen LogP contribution in [0.25, 0.3) is 5.69 Å². The van der Waals surface area contributed by atoms with E-state index < -0.39 is 0 Å². The topological polar surface area (TPSA) is 82.5 Å². The van der Waals surface area contributed by atoms with Gasteiger partial charge in [0, 0.05) is 0 Å². The highest BCUT2D eigenvalue weighted by atomic mass is 15.4. The van der Waals surface area contributed by atoms with E-state index in [2.05, 4.69) is 20.3 Å². The van der Waals surface area contributed by atoms with Crippen LogP contribution in [0.1, 0.15) is 5.69 Å². The molecule has 2 rings (SSSR count). The number of hydrogen-bond acceptors (Lipinski definition) is 5. The monoisotopic (exact) mass is 176 g/mol. The molecule has 6 heteroatoms. The minimum atomic E-state index is 0.420. The van der Waals surface area contributed by atoms with E-state index in [1.165, 1.54) is 6.33 Å². The van der Waals surface area contributed by atoms with Crippen molar-refractivity contribution >= 4 is 5.82 Å². The summed E-state index contributed by atoms with van der Waals surface area (Å²) in [4.78, 5) is 7.74. The van der Waals surface area contributed by atoms with Gasteiger partial charge in [0.15, 0.2) is 5.82 Å². The maximum Gasteiger partial charge on any atom is 0.169 e. The van der Waals surface area contributed by atoms with Crippen molar-refractivity contribution in [3.63, 3.8) is 0 Å². The number of nitrogen functional groups attached to an aromatic ring is 1. The molecule has 2 N–H and O–H groups in total. The second-order valence-corrected chi connectivity index (χ2v) is 2.57. The van der Waals surface area contributed by atoms with Crippen LogP contribution in [0.5, 0.6) is 0 Å². The van der Waals surface area contributed by atoms with Crippen LogP contribution in [-0.4, -0.2) is 25.0 Å². The van der Waals surface area contributed by atoms with Crippen LogP contribution >= 0.6 is 0 Å². The molecule has 0 radical (unpaired) electrons. The Morgan fingerprint density at radius 3 is 2.54 bits per heavy atom. The van der Waals surface area contributed by atoms with Crippen LogP contribution < -0.4 is 5.73 Å². The molecule has 0 unspecified atom stereocenters. The second kappa shape index (κ2) is 2.81. The normalized spacial score (nSPS) is 10.2. The lowest BCUT2D eigenvalue weighted by Gasteiger charge is -1.99. The highest BCUT2D eigenvalue weighted by molar-refractivity contribution is 5.37. The van der Waals surface area contributed by atoms with Crippen LogP contribution in [0, 0.1) is 6.92 Å². The predicted octanol–water partition coefficient (Wildman–Crippen LogP) is -0.0521. The van der Waals surface area contributed by atoms with Crippen LogP contribution in [0.3, 0.4) is 0 Å². The second-order valence-electron chi connectivity index (χ2n) is 2.57. The molecule has 0 amide bonds. The van der Waals surface area contributed by atoms with Crippen molar-refractivity contribution in [2.75, 3.05) is 5.73 Å². The summed E-state index contributed by atoms with van der Waals surface area (Å²) >= 11 is 0. The zero-order valence-electron chi connectivity index (χ0n) is 7.05. The molecule has 0 atom stereocenters. The van der Waals surface area contributed by atoms with Crippen LogP contribution in [0.2, 0.25) is 0 Å². The molecule has 0 saturated carbocycles. The Morgan fingerprint density at radius 1 is 1.31 bits per heavy atom. The average molecular weight is 176 g/mol. The van der Waals surface area contributed by atoms with E-state index in [9.17, 15) is 0 Å². The molecule has 0 aliphatic carbocycles. The van der Waals surface area contributed by atoms with Gasteiger partial charge >= 0.3 is 0 Å². The van der Waals surface area contributed by atoms with E-state index in [0.29, 0.717) is 5.82 Å². The predicted molar refractivity (Wildman–Crippen MR) is 46.1 cm³/mol. The minimum absolute atomic E-state index is 0.420. The number of anilines is 1. The SMILES string of the molecule is Cc1c(N)nnn1-c1cncnc1. The summed E-state index contributed by atoms with van der Waals surface area (Å²) < 4.78 is 1.59. The standard InChI is InChI=1S/C7H8N6/c1-5-7(8)11-12-13(5)6-2-9-4-10-3-6/h2-4H,8H2,1H3. The Bertz CT molecular complexity index is 406. The van der Waals surface area contributed by atoms with E-state index in [4.69, 9.17) is 5.73 Å². The summed E-state index contributed by atoms with van der Waals surface area (Å²) in [7, 11) is 0. The van der Waals surface area contributed by atoms with Gasteiger partial charge in [0.1, 0.15) is 12.0 Å². The summed E-state index contributed by atoms with van der Waals surface area (Å²) in [6, 6.07) is 0. The fourth-order valence-corrected chi connectivity index (χ4v) is 0.987. The molecule has 0 fully saturated rings. The molecule has 0 aliphatic heterocycles. The number of aromatic nitrogens is 5. The van der Waals surface area contributed by atoms with E-state index in [-0.39, 0.29) is 0 Å². The van der Waals surface area contributed by atoms with E-state index >= 15 is 0 Å². The zero-order chi connectivity index (χ0) is 9.26. The van der Waals surface area contributed by atoms with E-state index in [1.807, 2.05) is 6.92 Å². The number of hydrogen-bond donors (Lipinski definition) is 1. The first-order valence-electron chi connectivity index (χ1n) is 3.72. The lowest BCUT2D eigenvalue weighted by molar-refractivity contribution is 0.776. The van der Waals surface area contributed by atoms with Gasteiger partial charge in [-0.25, -0.2) is 14.6 Å². The maximum atomic E-state index is 5.54. The summed E-state index contributed by atoms with van der Waals surface area (Å²) in [5, 5.41) is 7.57. The number of rotatable bonds is 1. The molecule has 0 bridgehead atoms. The smallest absolute Gasteiger partial charge is 0.169 e. The van der Waals surface area contributed by atoms with Crippen molar-refractivity contribution in [2.45, 2.75) is 6.92 Å². The third kappa shape index (κ3) is 1.22. The molecule has 0 saturated heterocycles. The summed E-state index contributed by atoms with van der Waals surface area (Å²) in [6.07, 6.45) is 4.75. The molecule has 13 heavy (non-hydrogen) atoms. The molecule has 2 aromatic heterocycles. The molecular formula is C7H8N6. The van der Waals surface area contributed by atoms with Crippen molar-refractivity contribution in [1.82, 2.24) is 25.0 Å². The number of nitrogens with two attached hydrogens (primary N) is 1. The zero-order valence-corrected chi connectivity index (χ0v) is 7.05. The highest BCUT2D eigenvalue weighted by Gasteiger charge is 2.06. The van der Waals surface area contributed by atoms with Crippen molar-refractivity contribution < 1.29 is 0 Å². The lowest BCUT2D eigenvalue weighted by atomic mass is 10.4. The fourth-order valence-electron chi connectivity index (χ4n) is 0.987. The third-order valence-electron chi connectivity index (χ3n) is 1.72. The van der Waals surface area contributed by atoms with Gasteiger partial charge in [-0.3, -0.25) is 0 Å². The first-order chi connectivity index (χ1) is 6.29. The van der Waals surface area contributed by atoms with Gasteiger partial charge in [-0.1, -0.05) is 5.21 Å². The minimum Gasteiger partial charge on any atom is -0.381 e. The Morgan fingerprint density at radius 2 is 2.00 bits per heavy atom. The molecule has 66 valence electrons. The maximum absolute atomic E-state index is 5.54. The quantitative estimate of drug-likeness (QED) is 0.658. The lowest BCUT2D eigenvalue weighted by Crippen LogP contribution is -2.00. The molecular weight excluding hydrogens is 168 g/mol. The van der Waals surface area contributed by atoms with Crippen molar-refractivity contribution in [1.29, 1.82) is 0 Å². The largest absolute Gasteiger partial charge is 0.381 e. The van der Waals surface area contributed by atoms with Gasteiger partial charge in [0.2, 0.25) is 0 Å². The first kappa shape index (κ1) is 7.66. The summed E-state index contributed by atoms with van der Waals surface area (Å²) in [5.41, 5.74) is 7.08. The van der Waals surface area contributed by atoms with Crippen molar-refractivity contribution in [3.05, 3.63) is 24.4 Å². The molecule has 0 aromatic carbocycles. The molecule has 2 aromatic rings. The Balaban J connectivity index is 2.53. The van der Waals surface area contributed by atoms with Gasteiger partial charge in [-0.15, -0.1) is 5.10 Å². The molecule has 0 aliphatic rings. The summed E-state index contributed by atoms with van der Waals surface area (Å²) in [6.45, 7) is 1.84. The van der Waals surface area contributed by atoms with Crippen LogP contribution in [-0.2, 0) is 0 Å². The Hall–Kier alpha value is -1.98. The average Bonchev–Trinajstić information content (AvgIpc) is 2.49. The molecule has 2 heterocycles. The van der Waals surface area contributed by atoms with Gasteiger partial charge in [0.05, 0.1) is 18.1 Å². The Kier molecular flexibility index (Phi) is 1.66. The van der Waals surface area contributed by atoms with Gasteiger partial charge < -0.3 is 5.73 Å². The number of nitrogens with zero attached hydrogens (tertiary/aromatic N) is 5. The first-order valence-corrected chi connectivity index (χ1v) is 3.72. The van der Waals surface area contributed by atoms with Gasteiger partial charge in [-0.2, -0.15) is 0 Å². The van der Waals surface area contributed by atoms with Crippen LogP contribution in [0.4, 0.5) is 5.82 Å². The molecule has 0 spiro atoms. The van der Waals surface area contributed by atoms with Crippen molar-refractivity contribution in [2.24, 2.45) is 0 Å². The van der Waals surface area contributed by atoms with Gasteiger partial charge in [-0.05, 0) is 6.92 Å². The van der Waals surface area contributed by atoms with Gasteiger partial charge in [0.25, 0.3) is 0 Å². The van der Waals surface area contributed by atoms with E-state index in [0.717, 1.165) is 11.4 Å². The summed E-state index contributed by atoms with van der Waals surface area (Å²) in [5.74, 6) is 0.420. The third-order valence-corrected chi connectivity index (χ3v) is 1.72. The Labute approximate surface area is 74.4 Å². The molecule has 6 nitrogen and oxygen atoms in total. The highest BCUT2D eigenvalue weighted by Crippen LogP contribution is 2.10. The van der Waals surface area contributed by atoms with Crippen molar-refractivity contribution in [3.8, 4) is 5.69 Å². The van der Waals surface area contributed by atoms with E-state index in [1.54, 1.807) is 17.1 Å².